The lowest BCUT2D eigenvalue weighted by molar-refractivity contribution is 0.189. The third-order valence-electron chi connectivity index (χ3n) is 4.68. The zero-order valence-corrected chi connectivity index (χ0v) is 12.4. The monoisotopic (exact) mass is 276 g/mol. The molecule has 0 aromatic heterocycles. The molecule has 1 aromatic carbocycles. The highest BCUT2D eigenvalue weighted by Crippen LogP contribution is 2.28. The number of hydrogen-bond acceptors (Lipinski definition) is 2. The van der Waals surface area contributed by atoms with Crippen molar-refractivity contribution >= 4 is 0 Å². The van der Waals surface area contributed by atoms with E-state index in [2.05, 4.69) is 17.1 Å². The lowest BCUT2D eigenvalue weighted by atomic mass is 10.0. The number of benzene rings is 1. The molecule has 0 bridgehead atoms. The first-order valence-corrected chi connectivity index (χ1v) is 7.91. The van der Waals surface area contributed by atoms with Crippen molar-refractivity contribution in [2.24, 2.45) is 5.92 Å². The Hall–Kier alpha value is -0.930. The topological polar surface area (TPSA) is 15.3 Å². The first kappa shape index (κ1) is 14.0. The molecule has 3 rings (SSSR count). The van der Waals surface area contributed by atoms with Gasteiger partial charge in [0.25, 0.3) is 0 Å². The Balaban J connectivity index is 1.46. The van der Waals surface area contributed by atoms with E-state index in [0.29, 0.717) is 6.04 Å². The van der Waals surface area contributed by atoms with Gasteiger partial charge < -0.3 is 5.32 Å². The van der Waals surface area contributed by atoms with Crippen LogP contribution in [0, 0.1) is 18.7 Å². The van der Waals surface area contributed by atoms with Gasteiger partial charge in [0.15, 0.2) is 0 Å². The molecule has 0 radical (unpaired) electrons. The second kappa shape index (κ2) is 6.23. The smallest absolute Gasteiger partial charge is 0.123 e. The normalized spacial score (nSPS) is 21.3. The first-order valence-electron chi connectivity index (χ1n) is 7.91. The van der Waals surface area contributed by atoms with Gasteiger partial charge in [-0.15, -0.1) is 0 Å². The van der Waals surface area contributed by atoms with Gasteiger partial charge in [0.05, 0.1) is 0 Å². The molecular formula is C17H25FN2. The average molecular weight is 276 g/mol. The van der Waals surface area contributed by atoms with Crippen molar-refractivity contribution in [3.8, 4) is 0 Å². The summed E-state index contributed by atoms with van der Waals surface area (Å²) in [5, 5.41) is 3.70. The van der Waals surface area contributed by atoms with Crippen LogP contribution in [0.3, 0.4) is 0 Å². The molecule has 110 valence electrons. The molecule has 1 saturated carbocycles. The minimum Gasteiger partial charge on any atom is -0.314 e. The molecule has 0 amide bonds. The summed E-state index contributed by atoms with van der Waals surface area (Å²) < 4.78 is 13.3. The van der Waals surface area contributed by atoms with Gasteiger partial charge in [-0.05, 0) is 81.4 Å². The Kier molecular flexibility index (Phi) is 4.37. The number of halogens is 1. The van der Waals surface area contributed by atoms with Gasteiger partial charge in [0.2, 0.25) is 0 Å². The highest BCUT2D eigenvalue weighted by atomic mass is 19.1. The number of rotatable bonds is 5. The molecule has 1 N–H and O–H groups in total. The van der Waals surface area contributed by atoms with E-state index in [-0.39, 0.29) is 5.82 Å². The Bertz CT molecular complexity index is 448. The minimum atomic E-state index is -0.119. The van der Waals surface area contributed by atoms with E-state index in [0.717, 1.165) is 31.1 Å². The second-order valence-corrected chi connectivity index (χ2v) is 6.47. The maximum Gasteiger partial charge on any atom is 0.123 e. The molecule has 1 aliphatic carbocycles. The Labute approximate surface area is 121 Å². The fourth-order valence-electron chi connectivity index (χ4n) is 3.00. The summed E-state index contributed by atoms with van der Waals surface area (Å²) in [6.07, 6.45) is 5.29. The lowest BCUT2D eigenvalue weighted by Crippen LogP contribution is -2.42. The fraction of sp³-hybridized carbons (Fsp3) is 0.647. The highest BCUT2D eigenvalue weighted by Gasteiger charge is 2.24. The number of nitrogens with one attached hydrogen (secondary N) is 1. The number of likely N-dealkylation sites (tertiary alicyclic amines) is 1. The van der Waals surface area contributed by atoms with Crippen LogP contribution < -0.4 is 5.32 Å². The van der Waals surface area contributed by atoms with Crippen molar-refractivity contribution in [2.45, 2.75) is 45.2 Å². The zero-order valence-electron chi connectivity index (χ0n) is 12.4. The molecular weight excluding hydrogens is 251 g/mol. The van der Waals surface area contributed by atoms with E-state index in [1.54, 1.807) is 12.1 Å². The Morgan fingerprint density at radius 3 is 2.65 bits per heavy atom. The number of hydrogen-bond donors (Lipinski definition) is 1. The Morgan fingerprint density at radius 2 is 1.95 bits per heavy atom. The Morgan fingerprint density at radius 1 is 1.20 bits per heavy atom. The molecule has 20 heavy (non-hydrogen) atoms. The summed E-state index contributed by atoms with van der Waals surface area (Å²) >= 11 is 0. The van der Waals surface area contributed by atoms with Crippen LogP contribution >= 0.6 is 0 Å². The van der Waals surface area contributed by atoms with Crippen LogP contribution in [0.15, 0.2) is 18.2 Å². The maximum absolute atomic E-state index is 13.3. The summed E-state index contributed by atoms with van der Waals surface area (Å²) in [7, 11) is 0. The van der Waals surface area contributed by atoms with Crippen LogP contribution in [0.5, 0.6) is 0 Å². The summed E-state index contributed by atoms with van der Waals surface area (Å²) in [4.78, 5) is 2.46. The van der Waals surface area contributed by atoms with Crippen molar-refractivity contribution in [1.29, 1.82) is 0 Å². The van der Waals surface area contributed by atoms with Gasteiger partial charge in [-0.3, -0.25) is 4.90 Å². The number of aryl methyl sites for hydroxylation is 1. The van der Waals surface area contributed by atoms with Crippen molar-refractivity contribution in [3.63, 3.8) is 0 Å². The van der Waals surface area contributed by atoms with Gasteiger partial charge in [0.1, 0.15) is 5.82 Å². The predicted octanol–water partition coefficient (Wildman–Crippen LogP) is 3.10. The number of piperidine rings is 1. The fourth-order valence-corrected chi connectivity index (χ4v) is 3.00. The third kappa shape index (κ3) is 3.80. The highest BCUT2D eigenvalue weighted by molar-refractivity contribution is 5.26. The second-order valence-electron chi connectivity index (χ2n) is 6.47. The van der Waals surface area contributed by atoms with Crippen molar-refractivity contribution in [1.82, 2.24) is 10.2 Å². The molecule has 0 unspecified atom stereocenters. The van der Waals surface area contributed by atoms with E-state index in [4.69, 9.17) is 0 Å². The van der Waals surface area contributed by atoms with Crippen LogP contribution in [0.25, 0.3) is 0 Å². The van der Waals surface area contributed by atoms with Crippen LogP contribution in [0.2, 0.25) is 0 Å². The molecule has 0 spiro atoms. The van der Waals surface area contributed by atoms with Crippen LogP contribution in [0.1, 0.15) is 36.8 Å². The van der Waals surface area contributed by atoms with E-state index >= 15 is 0 Å². The SMILES string of the molecule is Cc1ccc(F)cc1CN1CCC(NCC2CC2)CC1. The van der Waals surface area contributed by atoms with E-state index in [9.17, 15) is 4.39 Å². The van der Waals surface area contributed by atoms with E-state index in [1.165, 1.54) is 37.8 Å². The van der Waals surface area contributed by atoms with E-state index < -0.39 is 0 Å². The van der Waals surface area contributed by atoms with Crippen molar-refractivity contribution in [3.05, 3.63) is 35.1 Å². The molecule has 1 heterocycles. The quantitative estimate of drug-likeness (QED) is 0.889. The molecule has 0 atom stereocenters. The molecule has 2 nitrogen and oxygen atoms in total. The van der Waals surface area contributed by atoms with Gasteiger partial charge in [-0.1, -0.05) is 6.07 Å². The van der Waals surface area contributed by atoms with Crippen molar-refractivity contribution in [2.75, 3.05) is 19.6 Å². The summed E-state index contributed by atoms with van der Waals surface area (Å²) in [6, 6.07) is 5.81. The van der Waals surface area contributed by atoms with Gasteiger partial charge in [0, 0.05) is 12.6 Å². The molecule has 2 fully saturated rings. The van der Waals surface area contributed by atoms with Gasteiger partial charge in [-0.25, -0.2) is 4.39 Å². The van der Waals surface area contributed by atoms with Crippen LogP contribution in [0.4, 0.5) is 4.39 Å². The largest absolute Gasteiger partial charge is 0.314 e. The average Bonchev–Trinajstić information content (AvgIpc) is 3.26. The van der Waals surface area contributed by atoms with Crippen LogP contribution in [-0.4, -0.2) is 30.6 Å². The van der Waals surface area contributed by atoms with Crippen molar-refractivity contribution < 1.29 is 4.39 Å². The van der Waals surface area contributed by atoms with Crippen LogP contribution in [-0.2, 0) is 6.54 Å². The standard InChI is InChI=1S/C17H25FN2/c1-13-2-5-16(18)10-15(13)12-20-8-6-17(7-9-20)19-11-14-3-4-14/h2,5,10,14,17,19H,3-4,6-9,11-12H2,1H3. The summed E-state index contributed by atoms with van der Waals surface area (Å²) in [5.41, 5.74) is 2.33. The number of nitrogens with zero attached hydrogens (tertiary/aromatic N) is 1. The molecule has 2 aliphatic rings. The summed E-state index contributed by atoms with van der Waals surface area (Å²) in [5.74, 6) is 0.842. The minimum absolute atomic E-state index is 0.119. The molecule has 1 aliphatic heterocycles. The maximum atomic E-state index is 13.3. The predicted molar refractivity (Wildman–Crippen MR) is 80.2 cm³/mol. The van der Waals surface area contributed by atoms with Gasteiger partial charge in [-0.2, -0.15) is 0 Å². The first-order chi connectivity index (χ1) is 9.70. The third-order valence-corrected chi connectivity index (χ3v) is 4.68. The zero-order chi connectivity index (χ0) is 13.9. The summed E-state index contributed by atoms with van der Waals surface area (Å²) in [6.45, 7) is 6.42. The molecule has 1 saturated heterocycles. The molecule has 3 heteroatoms. The van der Waals surface area contributed by atoms with E-state index in [1.807, 2.05) is 6.07 Å². The molecule has 1 aromatic rings. The van der Waals surface area contributed by atoms with Gasteiger partial charge >= 0.3 is 0 Å². The lowest BCUT2D eigenvalue weighted by Gasteiger charge is -2.32.